The van der Waals surface area contributed by atoms with Crippen LogP contribution in [0.1, 0.15) is 27.2 Å². The molecule has 0 saturated heterocycles. The van der Waals surface area contributed by atoms with Gasteiger partial charge < -0.3 is 5.73 Å². The molecule has 0 saturated carbocycles. The summed E-state index contributed by atoms with van der Waals surface area (Å²) in [5.74, 6) is 4.90. The third-order valence-electron chi connectivity index (χ3n) is 2.28. The highest BCUT2D eigenvalue weighted by atomic mass is 32.2. The largest absolute Gasteiger partial charge is 0.330 e. The second-order valence-corrected chi connectivity index (χ2v) is 5.35. The van der Waals surface area contributed by atoms with Gasteiger partial charge in [0.25, 0.3) is 0 Å². The van der Waals surface area contributed by atoms with Gasteiger partial charge in [-0.15, -0.1) is 0 Å². The average Bonchev–Trinajstić information content (AvgIpc) is 2.15. The fourth-order valence-corrected chi connectivity index (χ4v) is 2.50. The molecule has 84 valence electrons. The number of hydrogen-bond donors (Lipinski definition) is 3. The van der Waals surface area contributed by atoms with Crippen LogP contribution in [-0.2, 0) is 4.79 Å². The smallest absolute Gasteiger partial charge is 0.237 e. The van der Waals surface area contributed by atoms with Crippen molar-refractivity contribution >= 4 is 17.7 Å². The number of amides is 1. The van der Waals surface area contributed by atoms with Crippen LogP contribution in [0.25, 0.3) is 0 Å². The van der Waals surface area contributed by atoms with Crippen molar-refractivity contribution in [3.63, 3.8) is 0 Å². The number of hydrazine groups is 1. The summed E-state index contributed by atoms with van der Waals surface area (Å²) >= 11 is 1.78. The minimum absolute atomic E-state index is 0.0646. The second-order valence-electron chi connectivity index (χ2n) is 3.53. The Kier molecular flexibility index (Phi) is 6.96. The molecule has 0 spiro atoms. The zero-order chi connectivity index (χ0) is 11.1. The topological polar surface area (TPSA) is 81.1 Å². The molecular weight excluding hydrogens is 198 g/mol. The van der Waals surface area contributed by atoms with Crippen molar-refractivity contribution in [2.24, 2.45) is 17.5 Å². The van der Waals surface area contributed by atoms with Crippen LogP contribution in [0.2, 0.25) is 0 Å². The lowest BCUT2D eigenvalue weighted by molar-refractivity contribution is -0.124. The van der Waals surface area contributed by atoms with Crippen molar-refractivity contribution in [1.82, 2.24) is 5.43 Å². The van der Waals surface area contributed by atoms with Crippen LogP contribution in [0.15, 0.2) is 0 Å². The van der Waals surface area contributed by atoms with Gasteiger partial charge in [0, 0.05) is 16.4 Å². The Labute approximate surface area is 90.1 Å². The molecule has 3 unspecified atom stereocenters. The molecule has 0 aromatic carbocycles. The van der Waals surface area contributed by atoms with Crippen molar-refractivity contribution in [2.75, 3.05) is 6.54 Å². The van der Waals surface area contributed by atoms with Gasteiger partial charge >= 0.3 is 0 Å². The van der Waals surface area contributed by atoms with Gasteiger partial charge in [-0.3, -0.25) is 10.2 Å². The molecule has 5 heteroatoms. The molecule has 0 rings (SSSR count). The molecule has 0 aromatic rings. The lowest BCUT2D eigenvalue weighted by Gasteiger charge is -2.21. The van der Waals surface area contributed by atoms with E-state index in [9.17, 15) is 4.79 Å². The van der Waals surface area contributed by atoms with E-state index in [4.69, 9.17) is 11.6 Å². The number of carbonyl (C=O) groups is 1. The number of hydrogen-bond acceptors (Lipinski definition) is 4. The number of thioether (sulfide) groups is 1. The van der Waals surface area contributed by atoms with E-state index in [2.05, 4.69) is 12.3 Å². The molecule has 4 nitrogen and oxygen atoms in total. The van der Waals surface area contributed by atoms with Crippen molar-refractivity contribution in [3.8, 4) is 0 Å². The van der Waals surface area contributed by atoms with Crippen LogP contribution < -0.4 is 17.0 Å². The lowest BCUT2D eigenvalue weighted by atomic mass is 10.1. The van der Waals surface area contributed by atoms with E-state index in [0.29, 0.717) is 11.8 Å². The summed E-state index contributed by atoms with van der Waals surface area (Å²) in [6, 6.07) is 0. The summed E-state index contributed by atoms with van der Waals surface area (Å²) in [7, 11) is 0. The summed E-state index contributed by atoms with van der Waals surface area (Å²) in [5, 5.41) is 0.753. The molecule has 0 fully saturated rings. The molecule has 0 aliphatic carbocycles. The first kappa shape index (κ1) is 13.7. The van der Waals surface area contributed by atoms with E-state index in [1.807, 2.05) is 13.8 Å². The molecule has 0 aliphatic rings. The van der Waals surface area contributed by atoms with Gasteiger partial charge in [0.1, 0.15) is 0 Å². The average molecular weight is 219 g/mol. The molecule has 0 bridgehead atoms. The maximum absolute atomic E-state index is 11.2. The minimum Gasteiger partial charge on any atom is -0.330 e. The van der Waals surface area contributed by atoms with Gasteiger partial charge in [0.15, 0.2) is 0 Å². The summed E-state index contributed by atoms with van der Waals surface area (Å²) in [6.45, 7) is 6.74. The second kappa shape index (κ2) is 7.09. The van der Waals surface area contributed by atoms with Crippen LogP contribution >= 0.6 is 11.8 Å². The molecule has 14 heavy (non-hydrogen) atoms. The third-order valence-corrected chi connectivity index (χ3v) is 3.82. The maximum Gasteiger partial charge on any atom is 0.237 e. The van der Waals surface area contributed by atoms with Crippen LogP contribution in [-0.4, -0.2) is 23.0 Å². The summed E-state index contributed by atoms with van der Waals surface area (Å²) in [4.78, 5) is 11.2. The Balaban J connectivity index is 3.93. The summed E-state index contributed by atoms with van der Waals surface area (Å²) in [5.41, 5.74) is 7.63. The van der Waals surface area contributed by atoms with E-state index in [1.165, 1.54) is 0 Å². The number of nitrogens with one attached hydrogen (secondary N) is 1. The quantitative estimate of drug-likeness (QED) is 0.345. The molecular formula is C9H21N3OS. The fourth-order valence-electron chi connectivity index (χ4n) is 1.13. The van der Waals surface area contributed by atoms with E-state index in [0.717, 1.165) is 6.42 Å². The van der Waals surface area contributed by atoms with E-state index < -0.39 is 0 Å². The van der Waals surface area contributed by atoms with Crippen LogP contribution in [0.3, 0.4) is 0 Å². The molecule has 0 aromatic heterocycles. The highest BCUT2D eigenvalue weighted by Gasteiger charge is 2.21. The molecule has 3 atom stereocenters. The van der Waals surface area contributed by atoms with Crippen LogP contribution in [0.5, 0.6) is 0 Å². The van der Waals surface area contributed by atoms with Gasteiger partial charge in [-0.05, 0) is 13.0 Å². The van der Waals surface area contributed by atoms with Crippen LogP contribution in [0.4, 0.5) is 0 Å². The molecule has 1 amide bonds. The maximum atomic E-state index is 11.2. The lowest BCUT2D eigenvalue weighted by Crippen LogP contribution is -2.38. The van der Waals surface area contributed by atoms with Crippen molar-refractivity contribution in [2.45, 2.75) is 37.7 Å². The monoisotopic (exact) mass is 219 g/mol. The van der Waals surface area contributed by atoms with E-state index >= 15 is 0 Å². The predicted molar refractivity (Wildman–Crippen MR) is 61.7 cm³/mol. The zero-order valence-electron chi connectivity index (χ0n) is 9.12. The first-order valence-electron chi connectivity index (χ1n) is 4.88. The highest BCUT2D eigenvalue weighted by molar-refractivity contribution is 8.00. The first-order chi connectivity index (χ1) is 6.52. The SMILES string of the molecule is CC(CCN)SC(C)C(C)C(=O)NN. The standard InChI is InChI=1S/C9H21N3OS/c1-6(4-5-10)14-8(3)7(2)9(13)12-11/h6-8H,4-5,10-11H2,1-3H3,(H,12,13). The van der Waals surface area contributed by atoms with Gasteiger partial charge in [-0.1, -0.05) is 20.8 Å². The Morgan fingerprint density at radius 3 is 2.43 bits per heavy atom. The van der Waals surface area contributed by atoms with Gasteiger partial charge in [0.2, 0.25) is 5.91 Å². The van der Waals surface area contributed by atoms with Gasteiger partial charge in [-0.2, -0.15) is 11.8 Å². The Morgan fingerprint density at radius 2 is 2.00 bits per heavy atom. The third kappa shape index (κ3) is 4.83. The number of nitrogens with two attached hydrogens (primary N) is 2. The summed E-state index contributed by atoms with van der Waals surface area (Å²) < 4.78 is 0. The Bertz CT molecular complexity index is 177. The highest BCUT2D eigenvalue weighted by Crippen LogP contribution is 2.25. The molecule has 5 N–H and O–H groups in total. The van der Waals surface area contributed by atoms with Crippen LogP contribution in [0, 0.1) is 5.92 Å². The fraction of sp³-hybridized carbons (Fsp3) is 0.889. The molecule has 0 aliphatic heterocycles. The Hall–Kier alpha value is -0.260. The predicted octanol–water partition coefficient (Wildman–Crippen LogP) is 0.471. The minimum atomic E-state index is -0.107. The zero-order valence-corrected chi connectivity index (χ0v) is 9.93. The van der Waals surface area contributed by atoms with E-state index in [-0.39, 0.29) is 17.1 Å². The summed E-state index contributed by atoms with van der Waals surface area (Å²) in [6.07, 6.45) is 0.978. The van der Waals surface area contributed by atoms with Crippen molar-refractivity contribution in [3.05, 3.63) is 0 Å². The van der Waals surface area contributed by atoms with Crippen molar-refractivity contribution < 1.29 is 4.79 Å². The molecule has 0 heterocycles. The van der Waals surface area contributed by atoms with Gasteiger partial charge in [0.05, 0.1) is 0 Å². The van der Waals surface area contributed by atoms with E-state index in [1.54, 1.807) is 11.8 Å². The van der Waals surface area contributed by atoms with Crippen molar-refractivity contribution in [1.29, 1.82) is 0 Å². The number of rotatable bonds is 6. The molecule has 0 radical (unpaired) electrons. The first-order valence-corrected chi connectivity index (χ1v) is 5.83. The number of carbonyl (C=O) groups excluding carboxylic acids is 1. The van der Waals surface area contributed by atoms with Gasteiger partial charge in [-0.25, -0.2) is 5.84 Å². The normalized spacial score (nSPS) is 17.2. The Morgan fingerprint density at radius 1 is 1.43 bits per heavy atom.